The molecule has 0 N–H and O–H groups in total. The third-order valence-electron chi connectivity index (χ3n) is 7.75. The molecule has 7 nitrogen and oxygen atoms in total. The number of rotatable bonds is 5. The third kappa shape index (κ3) is 4.14. The summed E-state index contributed by atoms with van der Waals surface area (Å²) in [5, 5.41) is 4.90. The number of piperidine rings is 1. The molecule has 2 saturated heterocycles. The van der Waals surface area contributed by atoms with Crippen molar-refractivity contribution < 1.29 is 9.59 Å². The lowest BCUT2D eigenvalue weighted by molar-refractivity contribution is -0.132. The van der Waals surface area contributed by atoms with Crippen LogP contribution in [-0.4, -0.2) is 62.4 Å². The molecule has 2 amide bonds. The first-order valence-corrected chi connectivity index (χ1v) is 12.3. The van der Waals surface area contributed by atoms with Gasteiger partial charge in [0.1, 0.15) is 0 Å². The molecule has 2 aromatic heterocycles. The van der Waals surface area contributed by atoms with Crippen molar-refractivity contribution in [2.45, 2.75) is 71.6 Å². The average molecular weight is 438 g/mol. The number of carbonyl (C=O) groups is 2. The van der Waals surface area contributed by atoms with E-state index in [0.29, 0.717) is 18.7 Å². The molecule has 4 heterocycles. The normalized spacial score (nSPS) is 22.2. The summed E-state index contributed by atoms with van der Waals surface area (Å²) in [4.78, 5) is 34.0. The summed E-state index contributed by atoms with van der Waals surface area (Å²) in [6, 6.07) is 2.08. The van der Waals surface area contributed by atoms with Crippen LogP contribution in [0.4, 0.5) is 0 Å². The van der Waals surface area contributed by atoms with Gasteiger partial charge in [0.15, 0.2) is 5.65 Å². The van der Waals surface area contributed by atoms with E-state index in [-0.39, 0.29) is 17.7 Å². The smallest absolute Gasteiger partial charge is 0.225 e. The molecule has 172 valence electrons. The van der Waals surface area contributed by atoms with Crippen molar-refractivity contribution in [1.82, 2.24) is 24.4 Å². The summed E-state index contributed by atoms with van der Waals surface area (Å²) in [7, 11) is 0. The monoisotopic (exact) mass is 437 g/mol. The predicted molar refractivity (Wildman–Crippen MR) is 122 cm³/mol. The van der Waals surface area contributed by atoms with Gasteiger partial charge in [-0.05, 0) is 63.9 Å². The van der Waals surface area contributed by atoms with Crippen LogP contribution in [-0.2, 0) is 16.0 Å². The minimum Gasteiger partial charge on any atom is -0.343 e. The molecule has 0 aromatic carbocycles. The lowest BCUT2D eigenvalue weighted by Crippen LogP contribution is -2.38. The molecule has 2 aliphatic heterocycles. The summed E-state index contributed by atoms with van der Waals surface area (Å²) >= 11 is 0. The zero-order valence-electron chi connectivity index (χ0n) is 19.6. The quantitative estimate of drug-likeness (QED) is 0.720. The number of nitrogens with zero attached hydrogens (tertiary/aromatic N) is 5. The zero-order chi connectivity index (χ0) is 22.4. The van der Waals surface area contributed by atoms with Crippen LogP contribution in [0.3, 0.4) is 0 Å². The highest BCUT2D eigenvalue weighted by Crippen LogP contribution is 2.35. The number of hydrogen-bond donors (Lipinski definition) is 0. The Morgan fingerprint density at radius 3 is 2.47 bits per heavy atom. The first-order chi connectivity index (χ1) is 15.4. The molecule has 1 saturated carbocycles. The van der Waals surface area contributed by atoms with Crippen LogP contribution < -0.4 is 0 Å². The van der Waals surface area contributed by atoms with Gasteiger partial charge in [-0.2, -0.15) is 5.10 Å². The van der Waals surface area contributed by atoms with Crippen molar-refractivity contribution in [2.24, 2.45) is 11.8 Å². The van der Waals surface area contributed by atoms with Crippen molar-refractivity contribution in [2.75, 3.05) is 26.2 Å². The SMILES string of the molecule is Cc1nc2cc([C@@H]3CCN(C(=O)C4CC4)C3)nn2c(C)c1CCC(=O)N1CCC(C)CC1. The second kappa shape index (κ2) is 8.49. The van der Waals surface area contributed by atoms with Gasteiger partial charge in [-0.1, -0.05) is 6.92 Å². The van der Waals surface area contributed by atoms with E-state index >= 15 is 0 Å². The highest BCUT2D eigenvalue weighted by atomic mass is 16.2. The summed E-state index contributed by atoms with van der Waals surface area (Å²) < 4.78 is 1.94. The van der Waals surface area contributed by atoms with Crippen LogP contribution in [0.15, 0.2) is 6.07 Å². The average Bonchev–Trinajstić information content (AvgIpc) is 3.35. The Balaban J connectivity index is 1.29. The Morgan fingerprint density at radius 2 is 1.75 bits per heavy atom. The van der Waals surface area contributed by atoms with Gasteiger partial charge in [-0.15, -0.1) is 0 Å². The van der Waals surface area contributed by atoms with Crippen LogP contribution in [0.5, 0.6) is 0 Å². The van der Waals surface area contributed by atoms with Gasteiger partial charge in [0, 0.05) is 61.9 Å². The topological polar surface area (TPSA) is 70.8 Å². The first-order valence-electron chi connectivity index (χ1n) is 12.3. The molecule has 7 heteroatoms. The van der Waals surface area contributed by atoms with E-state index in [1.165, 1.54) is 0 Å². The summed E-state index contributed by atoms with van der Waals surface area (Å²) in [6.45, 7) is 9.77. The Hall–Kier alpha value is -2.44. The number of carbonyl (C=O) groups excluding carboxylic acids is 2. The van der Waals surface area contributed by atoms with Gasteiger partial charge in [0.05, 0.1) is 5.69 Å². The number of aryl methyl sites for hydroxylation is 2. The van der Waals surface area contributed by atoms with E-state index in [1.54, 1.807) is 0 Å². The molecule has 0 spiro atoms. The minimum atomic E-state index is 0.253. The first kappa shape index (κ1) is 21.4. The molecule has 1 atom stereocenters. The van der Waals surface area contributed by atoms with Crippen molar-refractivity contribution in [3.63, 3.8) is 0 Å². The van der Waals surface area contributed by atoms with Crippen LogP contribution in [0, 0.1) is 25.7 Å². The summed E-state index contributed by atoms with van der Waals surface area (Å²) in [5.74, 6) is 1.87. The number of amides is 2. The molecule has 3 aliphatic rings. The van der Waals surface area contributed by atoms with E-state index < -0.39 is 0 Å². The molecule has 0 unspecified atom stereocenters. The molecule has 2 aromatic rings. The maximum Gasteiger partial charge on any atom is 0.225 e. The Bertz CT molecular complexity index is 1030. The van der Waals surface area contributed by atoms with E-state index in [2.05, 4.69) is 19.9 Å². The van der Waals surface area contributed by atoms with Gasteiger partial charge in [-0.3, -0.25) is 9.59 Å². The maximum absolute atomic E-state index is 12.7. The van der Waals surface area contributed by atoms with Gasteiger partial charge in [0.2, 0.25) is 11.8 Å². The Kier molecular flexibility index (Phi) is 5.68. The van der Waals surface area contributed by atoms with Crippen molar-refractivity contribution >= 4 is 17.5 Å². The second-order valence-corrected chi connectivity index (χ2v) is 10.2. The van der Waals surface area contributed by atoms with Crippen molar-refractivity contribution in [1.29, 1.82) is 0 Å². The van der Waals surface area contributed by atoms with E-state index in [4.69, 9.17) is 10.1 Å². The molecule has 3 fully saturated rings. The highest BCUT2D eigenvalue weighted by molar-refractivity contribution is 5.81. The predicted octanol–water partition coefficient (Wildman–Crippen LogP) is 3.26. The van der Waals surface area contributed by atoms with Crippen molar-refractivity contribution in [3.05, 3.63) is 28.7 Å². The third-order valence-corrected chi connectivity index (χ3v) is 7.75. The lowest BCUT2D eigenvalue weighted by Gasteiger charge is -2.30. The lowest BCUT2D eigenvalue weighted by atomic mass is 9.98. The zero-order valence-corrected chi connectivity index (χ0v) is 19.6. The van der Waals surface area contributed by atoms with Crippen LogP contribution in [0.2, 0.25) is 0 Å². The van der Waals surface area contributed by atoms with Crippen LogP contribution in [0.1, 0.15) is 74.0 Å². The Morgan fingerprint density at radius 1 is 1.03 bits per heavy atom. The number of likely N-dealkylation sites (tertiary alicyclic amines) is 2. The molecule has 32 heavy (non-hydrogen) atoms. The summed E-state index contributed by atoms with van der Waals surface area (Å²) in [5.41, 5.74) is 5.08. The highest BCUT2D eigenvalue weighted by Gasteiger charge is 2.37. The summed E-state index contributed by atoms with van der Waals surface area (Å²) in [6.07, 6.45) is 6.52. The molecular formula is C25H35N5O2. The van der Waals surface area contributed by atoms with Crippen molar-refractivity contribution in [3.8, 4) is 0 Å². The molecule has 5 rings (SSSR count). The van der Waals surface area contributed by atoms with Crippen LogP contribution >= 0.6 is 0 Å². The van der Waals surface area contributed by atoms with E-state index in [0.717, 1.165) is 92.5 Å². The molecular weight excluding hydrogens is 402 g/mol. The van der Waals surface area contributed by atoms with Crippen LogP contribution in [0.25, 0.3) is 5.65 Å². The fourth-order valence-corrected chi connectivity index (χ4v) is 5.34. The minimum absolute atomic E-state index is 0.253. The maximum atomic E-state index is 12.7. The Labute approximate surface area is 190 Å². The molecule has 1 aliphatic carbocycles. The van der Waals surface area contributed by atoms with Gasteiger partial charge < -0.3 is 9.80 Å². The fourth-order valence-electron chi connectivity index (χ4n) is 5.34. The molecule has 0 radical (unpaired) electrons. The number of aromatic nitrogens is 3. The van der Waals surface area contributed by atoms with Gasteiger partial charge >= 0.3 is 0 Å². The largest absolute Gasteiger partial charge is 0.343 e. The molecule has 0 bridgehead atoms. The van der Waals surface area contributed by atoms with Gasteiger partial charge in [-0.25, -0.2) is 9.50 Å². The second-order valence-electron chi connectivity index (χ2n) is 10.2. The van der Waals surface area contributed by atoms with Gasteiger partial charge in [0.25, 0.3) is 0 Å². The standard InChI is InChI=1S/C25H35N5O2/c1-16-8-11-28(12-9-16)24(31)7-6-21-17(2)26-23-14-22(27-30(23)18(21)3)20-10-13-29(15-20)25(32)19-4-5-19/h14,16,19-20H,4-13,15H2,1-3H3/t20-/m1/s1. The fraction of sp³-hybridized carbons (Fsp3) is 0.680. The number of fused-ring (bicyclic) bond motifs is 1. The van der Waals surface area contributed by atoms with E-state index in [9.17, 15) is 9.59 Å². The van der Waals surface area contributed by atoms with E-state index in [1.807, 2.05) is 21.2 Å². The number of hydrogen-bond acceptors (Lipinski definition) is 4.